The first-order chi connectivity index (χ1) is 49.8. The Kier molecular flexibility index (Phi) is 72.8. The van der Waals surface area contributed by atoms with E-state index < -0.39 is 97.5 Å². The van der Waals surface area contributed by atoms with Crippen LogP contribution >= 0.6 is 15.6 Å². The number of phosphoric acid groups is 2. The molecule has 0 radical (unpaired) electrons. The molecule has 19 heteroatoms. The Balaban J connectivity index is 5.21. The first-order valence-corrected chi connectivity index (χ1v) is 46.4. The summed E-state index contributed by atoms with van der Waals surface area (Å²) in [5, 5.41) is 10.7. The molecule has 0 aliphatic carbocycles. The fraction of sp³-hybridized carbons (Fsp3) is 0.952. The quantitative estimate of drug-likeness (QED) is 0.0222. The minimum absolute atomic E-state index is 0.107. The molecular formula is C84H164O17P2. The molecule has 0 aromatic rings. The molecule has 0 aliphatic rings. The summed E-state index contributed by atoms with van der Waals surface area (Å²) in [5.74, 6) is 0.233. The normalized spacial score (nSPS) is 14.2. The zero-order chi connectivity index (χ0) is 75.8. The van der Waals surface area contributed by atoms with Gasteiger partial charge in [-0.05, 0) is 43.4 Å². The van der Waals surface area contributed by atoms with Crippen LogP contribution in [0, 0.1) is 17.8 Å². The highest BCUT2D eigenvalue weighted by molar-refractivity contribution is 7.47. The second kappa shape index (κ2) is 74.2. The lowest BCUT2D eigenvalue weighted by Crippen LogP contribution is -2.30. The Morgan fingerprint density at radius 1 is 0.282 bits per heavy atom. The highest BCUT2D eigenvalue weighted by atomic mass is 31.2. The van der Waals surface area contributed by atoms with Crippen molar-refractivity contribution >= 4 is 39.5 Å². The second-order valence-corrected chi connectivity index (χ2v) is 34.3. The molecule has 3 N–H and O–H groups in total. The summed E-state index contributed by atoms with van der Waals surface area (Å²) in [7, 11) is -9.92. The molecule has 17 nitrogen and oxygen atoms in total. The third-order valence-corrected chi connectivity index (χ3v) is 21.9. The first kappa shape index (κ1) is 101. The SMILES string of the molecule is CCCCCCCCCCCCCCCCCCC(=O)O[C@H](COC(=O)CCCCCCCCC(C)C)COP(=O)(O)OC[C@H](O)COP(=O)(O)OC[C@@H](COC(=O)CCCCCCCCCCCCCCCC(C)C)OC(=O)CCCCCCCCCCCCCCCCCCCCC(C)CC. The largest absolute Gasteiger partial charge is 0.472 e. The van der Waals surface area contributed by atoms with Gasteiger partial charge in [0.25, 0.3) is 0 Å². The topological polar surface area (TPSA) is 237 Å². The molecule has 0 heterocycles. The Labute approximate surface area is 632 Å². The number of aliphatic hydroxyl groups is 1. The molecule has 0 saturated carbocycles. The summed E-state index contributed by atoms with van der Waals surface area (Å²) in [6.45, 7) is 12.0. The van der Waals surface area contributed by atoms with Crippen LogP contribution in [0.5, 0.6) is 0 Å². The van der Waals surface area contributed by atoms with Crippen LogP contribution in [0.15, 0.2) is 0 Å². The molecule has 6 atom stereocenters. The summed E-state index contributed by atoms with van der Waals surface area (Å²) < 4.78 is 68.8. The van der Waals surface area contributed by atoms with E-state index in [0.29, 0.717) is 31.6 Å². The Bertz CT molecular complexity index is 1990. The predicted molar refractivity (Wildman–Crippen MR) is 423 cm³/mol. The maximum atomic E-state index is 13.1. The van der Waals surface area contributed by atoms with Crippen molar-refractivity contribution in [1.29, 1.82) is 0 Å². The molecule has 0 bridgehead atoms. The van der Waals surface area contributed by atoms with E-state index in [2.05, 4.69) is 48.5 Å². The van der Waals surface area contributed by atoms with Crippen molar-refractivity contribution in [2.24, 2.45) is 17.8 Å². The van der Waals surface area contributed by atoms with Gasteiger partial charge in [-0.2, -0.15) is 0 Å². The van der Waals surface area contributed by atoms with Gasteiger partial charge < -0.3 is 33.8 Å². The standard InChI is InChI=1S/C84H164O17P2/c1-8-10-11-12-13-14-15-16-17-23-28-34-39-44-53-60-68-84(89)101-80(72-95-82(87)66-59-52-47-46-49-56-63-76(5)6)74-99-103(92,93)97-70-78(85)69-96-102(90,91)98-73-79(71-94-81(86)65-58-51-43-38-33-30-25-26-31-36-41-48-55-62-75(3)4)100-83(88)67-61-54-45-40-35-29-24-21-19-18-20-22-27-32-37-42-50-57-64-77(7)9-2/h75-80,85H,8-74H2,1-7H3,(H,90,91)(H,92,93)/t77?,78-,79-,80-/m1/s1. The third kappa shape index (κ3) is 76.6. The number of aliphatic hydroxyl groups excluding tert-OH is 1. The number of carbonyl (C=O) groups is 4. The maximum Gasteiger partial charge on any atom is 0.472 e. The van der Waals surface area contributed by atoms with E-state index >= 15 is 0 Å². The van der Waals surface area contributed by atoms with Crippen LogP contribution < -0.4 is 0 Å². The average Bonchev–Trinajstić information content (AvgIpc) is 1.02. The fourth-order valence-corrected chi connectivity index (χ4v) is 14.6. The van der Waals surface area contributed by atoms with Crippen LogP contribution in [0.1, 0.15) is 440 Å². The van der Waals surface area contributed by atoms with Gasteiger partial charge in [0.15, 0.2) is 12.2 Å². The molecule has 0 rings (SSSR count). The predicted octanol–water partition coefficient (Wildman–Crippen LogP) is 25.3. The van der Waals surface area contributed by atoms with Gasteiger partial charge in [-0.3, -0.25) is 37.3 Å². The molecule has 0 aromatic carbocycles. The van der Waals surface area contributed by atoms with Crippen molar-refractivity contribution < 1.29 is 80.2 Å². The lowest BCUT2D eigenvalue weighted by molar-refractivity contribution is -0.161. The second-order valence-electron chi connectivity index (χ2n) is 31.4. The number of phosphoric ester groups is 2. The number of hydrogen-bond acceptors (Lipinski definition) is 15. The van der Waals surface area contributed by atoms with Crippen molar-refractivity contribution in [3.63, 3.8) is 0 Å². The van der Waals surface area contributed by atoms with Gasteiger partial charge in [-0.15, -0.1) is 0 Å². The molecule has 0 saturated heterocycles. The summed E-state index contributed by atoms with van der Waals surface area (Å²) in [6.07, 6.45) is 64.0. The van der Waals surface area contributed by atoms with Crippen molar-refractivity contribution in [2.75, 3.05) is 39.6 Å². The van der Waals surface area contributed by atoms with E-state index in [4.69, 9.17) is 37.0 Å². The van der Waals surface area contributed by atoms with Gasteiger partial charge in [-0.25, -0.2) is 9.13 Å². The van der Waals surface area contributed by atoms with Crippen LogP contribution in [-0.2, 0) is 65.4 Å². The molecule has 0 spiro atoms. The van der Waals surface area contributed by atoms with E-state index in [1.54, 1.807) is 0 Å². The molecular weight excluding hydrogens is 1340 g/mol. The Morgan fingerprint density at radius 3 is 0.738 bits per heavy atom. The molecule has 103 heavy (non-hydrogen) atoms. The Hall–Kier alpha value is -1.94. The van der Waals surface area contributed by atoms with Crippen LogP contribution in [0.4, 0.5) is 0 Å². The van der Waals surface area contributed by atoms with Gasteiger partial charge in [0.05, 0.1) is 26.4 Å². The van der Waals surface area contributed by atoms with Crippen LogP contribution in [0.2, 0.25) is 0 Å². The number of rotatable bonds is 82. The summed E-state index contributed by atoms with van der Waals surface area (Å²) in [4.78, 5) is 73.1. The molecule has 0 fully saturated rings. The summed E-state index contributed by atoms with van der Waals surface area (Å²) in [5.41, 5.74) is 0. The van der Waals surface area contributed by atoms with Gasteiger partial charge in [0.1, 0.15) is 19.3 Å². The molecule has 612 valence electrons. The maximum absolute atomic E-state index is 13.1. The molecule has 3 unspecified atom stereocenters. The van der Waals surface area contributed by atoms with Gasteiger partial charge in [-0.1, -0.05) is 389 Å². The van der Waals surface area contributed by atoms with Crippen molar-refractivity contribution in [2.45, 2.75) is 458 Å². The minimum atomic E-state index is -4.96. The van der Waals surface area contributed by atoms with Crippen molar-refractivity contribution in [3.05, 3.63) is 0 Å². The van der Waals surface area contributed by atoms with E-state index in [0.717, 1.165) is 108 Å². The van der Waals surface area contributed by atoms with E-state index in [1.165, 1.54) is 244 Å². The van der Waals surface area contributed by atoms with Crippen LogP contribution in [-0.4, -0.2) is 96.7 Å². The number of hydrogen-bond donors (Lipinski definition) is 3. The number of unbranched alkanes of at least 4 members (excludes halogenated alkanes) is 49. The van der Waals surface area contributed by atoms with Crippen molar-refractivity contribution in [1.82, 2.24) is 0 Å². The smallest absolute Gasteiger partial charge is 0.462 e. The van der Waals surface area contributed by atoms with E-state index in [-0.39, 0.29) is 25.7 Å². The summed E-state index contributed by atoms with van der Waals surface area (Å²) >= 11 is 0. The van der Waals surface area contributed by atoms with Gasteiger partial charge in [0.2, 0.25) is 0 Å². The number of carbonyl (C=O) groups excluding carboxylic acids is 4. The third-order valence-electron chi connectivity index (χ3n) is 20.0. The van der Waals surface area contributed by atoms with Gasteiger partial charge in [0, 0.05) is 25.7 Å². The van der Waals surface area contributed by atoms with Crippen LogP contribution in [0.3, 0.4) is 0 Å². The lowest BCUT2D eigenvalue weighted by atomic mass is 9.99. The molecule has 0 aliphatic heterocycles. The van der Waals surface area contributed by atoms with Gasteiger partial charge >= 0.3 is 39.5 Å². The molecule has 0 aromatic heterocycles. The minimum Gasteiger partial charge on any atom is -0.462 e. The number of esters is 4. The van der Waals surface area contributed by atoms with E-state index in [9.17, 15) is 43.2 Å². The molecule has 0 amide bonds. The lowest BCUT2D eigenvalue weighted by Gasteiger charge is -2.21. The zero-order valence-corrected chi connectivity index (χ0v) is 69.6. The van der Waals surface area contributed by atoms with E-state index in [1.807, 2.05) is 0 Å². The summed E-state index contributed by atoms with van der Waals surface area (Å²) in [6, 6.07) is 0. The fourth-order valence-electron chi connectivity index (χ4n) is 13.0. The van der Waals surface area contributed by atoms with Crippen molar-refractivity contribution in [3.8, 4) is 0 Å². The Morgan fingerprint density at radius 2 is 0.495 bits per heavy atom. The average molecular weight is 1510 g/mol. The number of ether oxygens (including phenoxy) is 4. The highest BCUT2D eigenvalue weighted by Gasteiger charge is 2.30. The van der Waals surface area contributed by atoms with Crippen LogP contribution in [0.25, 0.3) is 0 Å². The first-order valence-electron chi connectivity index (χ1n) is 43.4. The highest BCUT2D eigenvalue weighted by Crippen LogP contribution is 2.45. The monoisotopic (exact) mass is 1510 g/mol. The zero-order valence-electron chi connectivity index (χ0n) is 67.8.